The highest BCUT2D eigenvalue weighted by Gasteiger charge is 2.15. The van der Waals surface area contributed by atoms with E-state index in [-0.39, 0.29) is 24.8 Å². The number of nitrogens with one attached hydrogen (secondary N) is 1. The molecule has 0 radical (unpaired) electrons. The van der Waals surface area contributed by atoms with E-state index < -0.39 is 0 Å². The third-order valence-corrected chi connectivity index (χ3v) is 3.97. The van der Waals surface area contributed by atoms with E-state index in [0.717, 1.165) is 11.3 Å². The zero-order valence-corrected chi connectivity index (χ0v) is 15.5. The number of methoxy groups -OCH3 is 2. The van der Waals surface area contributed by atoms with Gasteiger partial charge >= 0.3 is 0 Å². The molecule has 2 aromatic carbocycles. The Bertz CT molecular complexity index is 772. The van der Waals surface area contributed by atoms with Gasteiger partial charge in [-0.15, -0.1) is 0 Å². The van der Waals surface area contributed by atoms with Gasteiger partial charge < -0.3 is 19.7 Å². The van der Waals surface area contributed by atoms with Crippen LogP contribution in [0.2, 0.25) is 0 Å². The van der Waals surface area contributed by atoms with Gasteiger partial charge in [-0.05, 0) is 31.2 Å². The summed E-state index contributed by atoms with van der Waals surface area (Å²) in [6.45, 7) is 3.76. The van der Waals surface area contributed by atoms with Crippen LogP contribution in [0.5, 0.6) is 11.5 Å². The minimum absolute atomic E-state index is 0.111. The molecule has 2 aromatic rings. The monoisotopic (exact) mass is 356 g/mol. The second-order valence-corrected chi connectivity index (χ2v) is 5.87. The third kappa shape index (κ3) is 4.99. The van der Waals surface area contributed by atoms with Crippen LogP contribution in [-0.4, -0.2) is 32.6 Å². The molecule has 0 saturated heterocycles. The van der Waals surface area contributed by atoms with E-state index in [1.54, 1.807) is 30.2 Å². The molecular formula is C20H24N2O4. The van der Waals surface area contributed by atoms with Gasteiger partial charge in [0, 0.05) is 31.6 Å². The second kappa shape index (κ2) is 8.89. The molecule has 0 bridgehead atoms. The Morgan fingerprint density at radius 2 is 1.73 bits per heavy atom. The SMILES string of the molecule is COc1ccc(OC)c(NC(=O)CCN(C(C)=O)c2ccc(C)cc2)c1. The molecule has 6 nitrogen and oxygen atoms in total. The molecule has 138 valence electrons. The zero-order chi connectivity index (χ0) is 19.1. The molecule has 26 heavy (non-hydrogen) atoms. The summed E-state index contributed by atoms with van der Waals surface area (Å²) in [5.41, 5.74) is 2.41. The van der Waals surface area contributed by atoms with E-state index in [1.807, 2.05) is 31.2 Å². The second-order valence-electron chi connectivity index (χ2n) is 5.87. The number of aryl methyl sites for hydroxylation is 1. The molecule has 2 amide bonds. The number of hydrogen-bond acceptors (Lipinski definition) is 4. The number of nitrogens with zero attached hydrogens (tertiary/aromatic N) is 1. The lowest BCUT2D eigenvalue weighted by Crippen LogP contribution is -2.31. The molecule has 0 saturated carbocycles. The number of amides is 2. The van der Waals surface area contributed by atoms with Crippen molar-refractivity contribution in [1.82, 2.24) is 0 Å². The van der Waals surface area contributed by atoms with Gasteiger partial charge in [-0.1, -0.05) is 17.7 Å². The molecule has 0 aliphatic heterocycles. The topological polar surface area (TPSA) is 67.9 Å². The first-order valence-electron chi connectivity index (χ1n) is 8.31. The minimum Gasteiger partial charge on any atom is -0.497 e. The number of carbonyl (C=O) groups excluding carboxylic acids is 2. The van der Waals surface area contributed by atoms with Gasteiger partial charge in [-0.2, -0.15) is 0 Å². The summed E-state index contributed by atoms with van der Waals surface area (Å²) in [4.78, 5) is 25.9. The van der Waals surface area contributed by atoms with Gasteiger partial charge in [0.1, 0.15) is 11.5 Å². The number of hydrogen-bond donors (Lipinski definition) is 1. The van der Waals surface area contributed by atoms with Crippen molar-refractivity contribution >= 4 is 23.2 Å². The predicted octanol–water partition coefficient (Wildman–Crippen LogP) is 3.39. The van der Waals surface area contributed by atoms with Crippen molar-refractivity contribution in [3.63, 3.8) is 0 Å². The highest BCUT2D eigenvalue weighted by molar-refractivity contribution is 5.95. The van der Waals surface area contributed by atoms with Gasteiger partial charge in [0.15, 0.2) is 0 Å². The molecule has 0 fully saturated rings. The fourth-order valence-electron chi connectivity index (χ4n) is 2.53. The van der Waals surface area contributed by atoms with Crippen molar-refractivity contribution in [2.75, 3.05) is 31.0 Å². The smallest absolute Gasteiger partial charge is 0.226 e. The Balaban J connectivity index is 2.05. The largest absolute Gasteiger partial charge is 0.497 e. The fraction of sp³-hybridized carbons (Fsp3) is 0.300. The number of carbonyl (C=O) groups is 2. The maximum atomic E-state index is 12.3. The normalized spacial score (nSPS) is 10.2. The first kappa shape index (κ1) is 19.3. The van der Waals surface area contributed by atoms with Gasteiger partial charge in [0.2, 0.25) is 11.8 Å². The Kier molecular flexibility index (Phi) is 6.60. The molecule has 0 unspecified atom stereocenters. The van der Waals surface area contributed by atoms with Gasteiger partial charge in [-0.25, -0.2) is 0 Å². The number of benzene rings is 2. The van der Waals surface area contributed by atoms with Crippen molar-refractivity contribution < 1.29 is 19.1 Å². The molecule has 0 atom stereocenters. The zero-order valence-electron chi connectivity index (χ0n) is 15.5. The van der Waals surface area contributed by atoms with Crippen LogP contribution in [0.25, 0.3) is 0 Å². The number of anilines is 2. The van der Waals surface area contributed by atoms with Crippen LogP contribution in [0.1, 0.15) is 18.9 Å². The highest BCUT2D eigenvalue weighted by atomic mass is 16.5. The van der Waals surface area contributed by atoms with Crippen LogP contribution in [0.3, 0.4) is 0 Å². The van der Waals surface area contributed by atoms with E-state index in [9.17, 15) is 9.59 Å². The first-order chi connectivity index (χ1) is 12.4. The average molecular weight is 356 g/mol. The summed E-state index contributed by atoms with van der Waals surface area (Å²) in [5.74, 6) is 0.836. The maximum absolute atomic E-state index is 12.3. The lowest BCUT2D eigenvalue weighted by atomic mass is 10.2. The summed E-state index contributed by atoms with van der Waals surface area (Å²) < 4.78 is 10.4. The third-order valence-electron chi connectivity index (χ3n) is 3.97. The van der Waals surface area contributed by atoms with Gasteiger partial charge in [0.25, 0.3) is 0 Å². The maximum Gasteiger partial charge on any atom is 0.226 e. The van der Waals surface area contributed by atoms with Gasteiger partial charge in [-0.3, -0.25) is 9.59 Å². The minimum atomic E-state index is -0.213. The highest BCUT2D eigenvalue weighted by Crippen LogP contribution is 2.29. The van der Waals surface area contributed by atoms with Gasteiger partial charge in [0.05, 0.1) is 19.9 Å². The summed E-state index contributed by atoms with van der Waals surface area (Å²) in [6, 6.07) is 12.8. The van der Waals surface area contributed by atoms with E-state index in [0.29, 0.717) is 17.2 Å². The van der Waals surface area contributed by atoms with Crippen LogP contribution in [-0.2, 0) is 9.59 Å². The van der Waals surface area contributed by atoms with E-state index in [1.165, 1.54) is 14.0 Å². The lowest BCUT2D eigenvalue weighted by Gasteiger charge is -2.21. The number of ether oxygens (including phenoxy) is 2. The Morgan fingerprint density at radius 1 is 1.04 bits per heavy atom. The van der Waals surface area contributed by atoms with E-state index in [2.05, 4.69) is 5.32 Å². The van der Waals surface area contributed by atoms with Crippen LogP contribution < -0.4 is 19.7 Å². The predicted molar refractivity (Wildman–Crippen MR) is 102 cm³/mol. The molecule has 0 aromatic heterocycles. The lowest BCUT2D eigenvalue weighted by molar-refractivity contribution is -0.117. The average Bonchev–Trinajstić information content (AvgIpc) is 2.63. The van der Waals surface area contributed by atoms with Crippen molar-refractivity contribution in [3.05, 3.63) is 48.0 Å². The summed E-state index contributed by atoms with van der Waals surface area (Å²) in [7, 11) is 3.09. The van der Waals surface area contributed by atoms with Crippen molar-refractivity contribution in [1.29, 1.82) is 0 Å². The molecule has 2 rings (SSSR count). The summed E-state index contributed by atoms with van der Waals surface area (Å²) in [6.07, 6.45) is 0.161. The molecule has 1 N–H and O–H groups in total. The Labute approximate surface area is 153 Å². The summed E-state index contributed by atoms with van der Waals surface area (Å²) >= 11 is 0. The summed E-state index contributed by atoms with van der Waals surface area (Å²) in [5, 5.41) is 2.81. The molecule has 0 heterocycles. The van der Waals surface area contributed by atoms with Crippen molar-refractivity contribution in [2.24, 2.45) is 0 Å². The Morgan fingerprint density at radius 3 is 2.31 bits per heavy atom. The fourth-order valence-corrected chi connectivity index (χ4v) is 2.53. The van der Waals surface area contributed by atoms with Crippen LogP contribution in [0.15, 0.2) is 42.5 Å². The molecule has 0 aliphatic carbocycles. The van der Waals surface area contributed by atoms with Crippen LogP contribution in [0.4, 0.5) is 11.4 Å². The first-order valence-corrected chi connectivity index (χ1v) is 8.31. The Hall–Kier alpha value is -3.02. The van der Waals surface area contributed by atoms with E-state index >= 15 is 0 Å². The molecule has 0 spiro atoms. The standard InChI is InChI=1S/C20H24N2O4/c1-14-5-7-16(8-6-14)22(15(2)23)12-11-20(24)21-18-13-17(25-3)9-10-19(18)26-4/h5-10,13H,11-12H2,1-4H3,(H,21,24). The molecule has 6 heteroatoms. The molecular weight excluding hydrogens is 332 g/mol. The van der Waals surface area contributed by atoms with E-state index in [4.69, 9.17) is 9.47 Å². The van der Waals surface area contributed by atoms with Crippen molar-refractivity contribution in [3.8, 4) is 11.5 Å². The molecule has 0 aliphatic rings. The van der Waals surface area contributed by atoms with Crippen molar-refractivity contribution in [2.45, 2.75) is 20.3 Å². The number of rotatable bonds is 7. The van der Waals surface area contributed by atoms with Crippen LogP contribution in [0, 0.1) is 6.92 Å². The quantitative estimate of drug-likeness (QED) is 0.826. The van der Waals surface area contributed by atoms with Crippen LogP contribution >= 0.6 is 0 Å².